The number of amides is 2. The first-order valence-electron chi connectivity index (χ1n) is 15.2. The Morgan fingerprint density at radius 3 is 2.27 bits per heavy atom. The molecule has 1 aliphatic heterocycles. The predicted octanol–water partition coefficient (Wildman–Crippen LogP) is 5.48. The van der Waals surface area contributed by atoms with Gasteiger partial charge in [0.15, 0.2) is 11.5 Å². The number of carbonyl (C=O) groups excluding carboxylic acids is 2. The number of hydrogen-bond donors (Lipinski definition) is 3. The average Bonchev–Trinajstić information content (AvgIpc) is 3.98. The maximum absolute atomic E-state index is 14.8. The predicted molar refractivity (Wildman–Crippen MR) is 158 cm³/mol. The number of aromatic nitrogens is 1. The van der Waals surface area contributed by atoms with Crippen LogP contribution in [0.15, 0.2) is 48.5 Å². The van der Waals surface area contributed by atoms with E-state index in [9.17, 15) is 45.4 Å². The summed E-state index contributed by atoms with van der Waals surface area (Å²) < 4.78 is 116. The average molecular weight is 698 g/mol. The van der Waals surface area contributed by atoms with Gasteiger partial charge in [0.2, 0.25) is 11.5 Å². The van der Waals surface area contributed by atoms with E-state index >= 15 is 0 Å². The number of nitrogens with one attached hydrogen (secondary N) is 2. The smallest absolute Gasteiger partial charge is 0.424 e. The number of fused-ring (bicyclic) bond motifs is 1. The lowest BCUT2D eigenvalue weighted by atomic mass is 9.81. The summed E-state index contributed by atoms with van der Waals surface area (Å²) in [7, 11) is 1.32. The second kappa shape index (κ2) is 11.8. The fourth-order valence-corrected chi connectivity index (χ4v) is 5.46. The van der Waals surface area contributed by atoms with Gasteiger partial charge in [-0.2, -0.15) is 26.3 Å². The first-order chi connectivity index (χ1) is 22.9. The zero-order valence-corrected chi connectivity index (χ0v) is 26.0. The van der Waals surface area contributed by atoms with Gasteiger partial charge < -0.3 is 30.0 Å². The number of rotatable bonds is 10. The highest BCUT2D eigenvalue weighted by Gasteiger charge is 2.66. The van der Waals surface area contributed by atoms with Crippen molar-refractivity contribution in [2.24, 2.45) is 0 Å². The third kappa shape index (κ3) is 6.22. The van der Waals surface area contributed by atoms with Crippen LogP contribution in [0.4, 0.5) is 30.7 Å². The van der Waals surface area contributed by atoms with E-state index in [4.69, 9.17) is 14.2 Å². The highest BCUT2D eigenvalue weighted by Crippen LogP contribution is 2.52. The molecular weight excluding hydrogens is 667 g/mol. The number of nitrogens with zero attached hydrogens (tertiary/aromatic N) is 1. The fraction of sp³-hybridized carbons (Fsp3) is 0.424. The Labute approximate surface area is 274 Å². The summed E-state index contributed by atoms with van der Waals surface area (Å²) in [6, 6.07) is 9.03. The van der Waals surface area contributed by atoms with E-state index in [1.807, 2.05) is 5.32 Å². The summed E-state index contributed by atoms with van der Waals surface area (Å²) >= 11 is 0. The second-order valence-electron chi connectivity index (χ2n) is 12.6. The molecule has 262 valence electrons. The Bertz CT molecular complexity index is 1790. The van der Waals surface area contributed by atoms with Crippen molar-refractivity contribution in [2.45, 2.75) is 67.6 Å². The molecule has 2 aliphatic carbocycles. The lowest BCUT2D eigenvalue weighted by Gasteiger charge is -2.32. The van der Waals surface area contributed by atoms with Crippen LogP contribution in [-0.2, 0) is 15.8 Å². The molecule has 0 saturated heterocycles. The third-order valence-corrected chi connectivity index (χ3v) is 8.98. The Balaban J connectivity index is 1.38. The number of methoxy groups -OCH3 is 1. The van der Waals surface area contributed by atoms with E-state index in [1.165, 1.54) is 44.4 Å². The first-order valence-corrected chi connectivity index (χ1v) is 15.2. The van der Waals surface area contributed by atoms with E-state index in [0.717, 1.165) is 31.0 Å². The summed E-state index contributed by atoms with van der Waals surface area (Å²) in [6.07, 6.45) is -9.38. The van der Waals surface area contributed by atoms with Gasteiger partial charge in [0.1, 0.15) is 34.8 Å². The fourth-order valence-electron chi connectivity index (χ4n) is 5.46. The van der Waals surface area contributed by atoms with Crippen LogP contribution in [0.3, 0.4) is 0 Å². The number of carbonyl (C=O) groups is 2. The van der Waals surface area contributed by atoms with Crippen LogP contribution in [0.1, 0.15) is 54.2 Å². The lowest BCUT2D eigenvalue weighted by Crippen LogP contribution is -2.54. The van der Waals surface area contributed by atoms with Crippen molar-refractivity contribution in [3.63, 3.8) is 0 Å². The minimum Gasteiger partial charge on any atom is -0.493 e. The molecule has 2 heterocycles. The molecule has 3 aromatic rings. The van der Waals surface area contributed by atoms with Gasteiger partial charge in [-0.3, -0.25) is 9.59 Å². The number of pyridine rings is 1. The van der Waals surface area contributed by atoms with Crippen LogP contribution in [0.2, 0.25) is 0 Å². The lowest BCUT2D eigenvalue weighted by molar-refractivity contribution is -0.265. The molecule has 3 N–H and O–H groups in total. The molecule has 6 rings (SSSR count). The van der Waals surface area contributed by atoms with Crippen molar-refractivity contribution in [3.05, 3.63) is 71.2 Å². The van der Waals surface area contributed by atoms with Gasteiger partial charge in [0, 0.05) is 16.7 Å². The van der Waals surface area contributed by atoms with E-state index < -0.39 is 65.4 Å². The Hall–Kier alpha value is -4.60. The molecule has 0 bridgehead atoms. The molecular formula is C33H30F7N3O6. The van der Waals surface area contributed by atoms with E-state index in [1.54, 1.807) is 0 Å². The Morgan fingerprint density at radius 2 is 1.69 bits per heavy atom. The minimum atomic E-state index is -5.49. The molecule has 2 atom stereocenters. The van der Waals surface area contributed by atoms with Gasteiger partial charge in [-0.15, -0.1) is 0 Å². The van der Waals surface area contributed by atoms with Gasteiger partial charge in [-0.1, -0.05) is 0 Å². The van der Waals surface area contributed by atoms with Crippen molar-refractivity contribution >= 4 is 11.8 Å². The summed E-state index contributed by atoms with van der Waals surface area (Å²) in [4.78, 5) is 30.6. The Morgan fingerprint density at radius 1 is 1.02 bits per heavy atom. The summed E-state index contributed by atoms with van der Waals surface area (Å²) in [5.41, 5.74) is -10.2. The summed E-state index contributed by atoms with van der Waals surface area (Å²) in [6.45, 7) is -0.851. The van der Waals surface area contributed by atoms with Gasteiger partial charge in [0.05, 0.1) is 25.5 Å². The number of hydrogen-bond acceptors (Lipinski definition) is 7. The second-order valence-corrected chi connectivity index (χ2v) is 12.6. The van der Waals surface area contributed by atoms with Crippen LogP contribution < -0.4 is 24.8 Å². The zero-order chi connectivity index (χ0) is 35.6. The van der Waals surface area contributed by atoms with Crippen LogP contribution >= 0.6 is 0 Å². The van der Waals surface area contributed by atoms with Crippen LogP contribution in [0.25, 0.3) is 11.3 Å². The molecule has 9 nitrogen and oxygen atoms in total. The van der Waals surface area contributed by atoms with Crippen molar-refractivity contribution < 1.29 is 59.6 Å². The molecule has 0 unspecified atom stereocenters. The monoisotopic (exact) mass is 697 g/mol. The van der Waals surface area contributed by atoms with E-state index in [2.05, 4.69) is 10.3 Å². The van der Waals surface area contributed by atoms with Gasteiger partial charge >= 0.3 is 12.4 Å². The van der Waals surface area contributed by atoms with E-state index in [-0.39, 0.29) is 52.8 Å². The van der Waals surface area contributed by atoms with Crippen LogP contribution in [0.5, 0.6) is 17.2 Å². The third-order valence-electron chi connectivity index (χ3n) is 8.98. The quantitative estimate of drug-likeness (QED) is 0.240. The molecule has 2 fully saturated rings. The molecule has 2 aromatic carbocycles. The SMILES string of the molecule is COc1cc(C(=O)NC[C@](O)(c2cc3c(c(-c4ccc(F)cc4)n2)OC[C@]3(C)C(=O)NC2(C(F)(F)F)CC2)C(F)(F)F)ccc1OC1CC1. The maximum Gasteiger partial charge on any atom is 0.424 e. The van der Waals surface area contributed by atoms with Gasteiger partial charge in [-0.25, -0.2) is 9.37 Å². The number of halogens is 7. The molecule has 1 aromatic heterocycles. The van der Waals surface area contributed by atoms with E-state index in [0.29, 0.717) is 5.75 Å². The number of ether oxygens (including phenoxy) is 3. The first kappa shape index (κ1) is 34.3. The zero-order valence-electron chi connectivity index (χ0n) is 26.0. The van der Waals surface area contributed by atoms with Crippen molar-refractivity contribution in [1.29, 1.82) is 0 Å². The number of alkyl halides is 6. The number of aliphatic hydroxyl groups is 1. The van der Waals surface area contributed by atoms with Crippen LogP contribution in [0, 0.1) is 5.82 Å². The topological polar surface area (TPSA) is 119 Å². The molecule has 49 heavy (non-hydrogen) atoms. The molecule has 0 spiro atoms. The minimum absolute atomic E-state index is 0.00668. The highest BCUT2D eigenvalue weighted by molar-refractivity contribution is 5.95. The maximum atomic E-state index is 14.8. The summed E-state index contributed by atoms with van der Waals surface area (Å²) in [5.74, 6) is -2.63. The van der Waals surface area contributed by atoms with Crippen LogP contribution in [-0.4, -0.2) is 66.2 Å². The molecule has 2 amide bonds. The molecule has 0 radical (unpaired) electrons. The highest BCUT2D eigenvalue weighted by atomic mass is 19.4. The van der Waals surface area contributed by atoms with Crippen molar-refractivity contribution in [2.75, 3.05) is 20.3 Å². The standard InChI is InChI=1S/C33H30F7N3O6/c1-29(28(45)43-30(11-12-30)32(35,36)37)16-48-26-21(29)14-24(42-25(26)17-3-6-19(34)7-4-17)31(46,33(38,39)40)15-41-27(44)18-5-10-22(23(13-18)47-2)49-20-8-9-20/h3-7,10,13-14,20,46H,8-9,11-12,15-16H2,1-2H3,(H,41,44)(H,43,45)/t29-,31-/m0/s1. The Kier molecular flexibility index (Phi) is 8.24. The normalized spacial score (nSPS) is 20.8. The molecule has 2 saturated carbocycles. The van der Waals surface area contributed by atoms with Crippen molar-refractivity contribution in [3.8, 4) is 28.5 Å². The largest absolute Gasteiger partial charge is 0.493 e. The van der Waals surface area contributed by atoms with Gasteiger partial charge in [-0.05, 0) is 81.1 Å². The molecule has 3 aliphatic rings. The number of benzene rings is 2. The molecule has 16 heteroatoms. The van der Waals surface area contributed by atoms with Crippen molar-refractivity contribution in [1.82, 2.24) is 15.6 Å². The summed E-state index contributed by atoms with van der Waals surface area (Å²) in [5, 5.41) is 15.4. The van der Waals surface area contributed by atoms with Gasteiger partial charge in [0.25, 0.3) is 5.91 Å².